The Bertz CT molecular complexity index is 684. The van der Waals surface area contributed by atoms with Gasteiger partial charge in [-0.15, -0.1) is 12.4 Å². The van der Waals surface area contributed by atoms with E-state index in [1.807, 2.05) is 0 Å². The van der Waals surface area contributed by atoms with Crippen molar-refractivity contribution < 1.29 is 32.3 Å². The van der Waals surface area contributed by atoms with Gasteiger partial charge in [0.2, 0.25) is 5.91 Å². The van der Waals surface area contributed by atoms with Crippen molar-refractivity contribution >= 4 is 30.0 Å². The molecule has 146 valence electrons. The van der Waals surface area contributed by atoms with Crippen molar-refractivity contribution in [2.75, 3.05) is 18.4 Å². The highest BCUT2D eigenvalue weighted by Crippen LogP contribution is 2.38. The third-order valence-electron chi connectivity index (χ3n) is 4.40. The SMILES string of the molecule is Cc1ccc(NC(=O)C(C)N2C[C@@H](C(F)(F)F)[C@H](C(=O)O)C2)c(F)c1.Cl. The summed E-state index contributed by atoms with van der Waals surface area (Å²) in [6, 6.07) is 3.13. The molecule has 0 bridgehead atoms. The fourth-order valence-electron chi connectivity index (χ4n) is 2.86. The Morgan fingerprint density at radius 1 is 1.31 bits per heavy atom. The fraction of sp³-hybridized carbons (Fsp3) is 0.500. The molecule has 1 saturated heterocycles. The third kappa shape index (κ3) is 4.85. The molecule has 1 fully saturated rings. The van der Waals surface area contributed by atoms with E-state index in [4.69, 9.17) is 5.11 Å². The largest absolute Gasteiger partial charge is 0.481 e. The van der Waals surface area contributed by atoms with Gasteiger partial charge in [-0.2, -0.15) is 13.2 Å². The van der Waals surface area contributed by atoms with Crippen molar-refractivity contribution in [1.29, 1.82) is 0 Å². The highest BCUT2D eigenvalue weighted by atomic mass is 35.5. The van der Waals surface area contributed by atoms with Crippen molar-refractivity contribution in [3.8, 4) is 0 Å². The molecular formula is C16H19ClF4N2O3. The van der Waals surface area contributed by atoms with Crippen LogP contribution in [0.4, 0.5) is 23.2 Å². The summed E-state index contributed by atoms with van der Waals surface area (Å²) in [7, 11) is 0. The summed E-state index contributed by atoms with van der Waals surface area (Å²) in [5.41, 5.74) is 0.573. The first-order valence-electron chi connectivity index (χ1n) is 7.61. The number of halogens is 5. The van der Waals surface area contributed by atoms with Crippen molar-refractivity contribution in [3.05, 3.63) is 29.6 Å². The van der Waals surface area contributed by atoms with Gasteiger partial charge >= 0.3 is 12.1 Å². The van der Waals surface area contributed by atoms with E-state index in [0.29, 0.717) is 5.56 Å². The van der Waals surface area contributed by atoms with E-state index < -0.39 is 54.8 Å². The molecular weight excluding hydrogens is 380 g/mol. The van der Waals surface area contributed by atoms with Gasteiger partial charge in [0.05, 0.1) is 23.6 Å². The second kappa shape index (κ2) is 8.22. The van der Waals surface area contributed by atoms with Crippen LogP contribution in [0.2, 0.25) is 0 Å². The maximum absolute atomic E-state index is 13.8. The molecule has 0 spiro atoms. The lowest BCUT2D eigenvalue weighted by molar-refractivity contribution is -0.188. The normalized spacial score (nSPS) is 21.8. The molecule has 1 heterocycles. The van der Waals surface area contributed by atoms with E-state index in [9.17, 15) is 27.2 Å². The number of carbonyl (C=O) groups excluding carboxylic acids is 1. The second-order valence-corrected chi connectivity index (χ2v) is 6.20. The Hall–Kier alpha value is -1.87. The Morgan fingerprint density at radius 3 is 2.38 bits per heavy atom. The number of carboxylic acids is 1. The fourth-order valence-corrected chi connectivity index (χ4v) is 2.86. The van der Waals surface area contributed by atoms with Crippen LogP contribution in [0.15, 0.2) is 18.2 Å². The molecule has 1 aromatic rings. The zero-order valence-electron chi connectivity index (χ0n) is 14.0. The Balaban J connectivity index is 0.00000338. The van der Waals surface area contributed by atoms with Crippen LogP contribution in [0.25, 0.3) is 0 Å². The van der Waals surface area contributed by atoms with Crippen molar-refractivity contribution in [2.45, 2.75) is 26.1 Å². The summed E-state index contributed by atoms with van der Waals surface area (Å²) in [4.78, 5) is 24.5. The van der Waals surface area contributed by atoms with E-state index in [-0.39, 0.29) is 18.1 Å². The van der Waals surface area contributed by atoms with E-state index in [0.717, 1.165) is 4.90 Å². The molecule has 2 rings (SSSR count). The van der Waals surface area contributed by atoms with Crippen LogP contribution < -0.4 is 5.32 Å². The van der Waals surface area contributed by atoms with E-state index in [1.54, 1.807) is 13.0 Å². The van der Waals surface area contributed by atoms with E-state index in [1.165, 1.54) is 19.1 Å². The van der Waals surface area contributed by atoms with Crippen LogP contribution in [-0.2, 0) is 9.59 Å². The highest BCUT2D eigenvalue weighted by molar-refractivity contribution is 5.94. The summed E-state index contributed by atoms with van der Waals surface area (Å²) >= 11 is 0. The number of rotatable bonds is 4. The maximum atomic E-state index is 13.8. The standard InChI is InChI=1S/C16H18F4N2O3.ClH/c1-8-3-4-13(12(17)5-8)21-14(23)9(2)22-6-10(15(24)25)11(7-22)16(18,19)20;/h3-5,9-11H,6-7H2,1-2H3,(H,21,23)(H,24,25);1H/t9?,10-,11-;/m1./s1. The number of amides is 1. The molecule has 0 aliphatic carbocycles. The number of likely N-dealkylation sites (tertiary alicyclic amines) is 1. The summed E-state index contributed by atoms with van der Waals surface area (Å²) in [5.74, 6) is -6.59. The van der Waals surface area contributed by atoms with Gasteiger partial charge < -0.3 is 10.4 Å². The Labute approximate surface area is 153 Å². The first-order chi connectivity index (χ1) is 11.5. The number of nitrogens with zero attached hydrogens (tertiary/aromatic N) is 1. The monoisotopic (exact) mass is 398 g/mol. The van der Waals surface area contributed by atoms with Gasteiger partial charge in [0, 0.05) is 13.1 Å². The van der Waals surface area contributed by atoms with E-state index >= 15 is 0 Å². The van der Waals surface area contributed by atoms with Crippen LogP contribution in [0.1, 0.15) is 12.5 Å². The molecule has 1 aliphatic rings. The minimum atomic E-state index is -4.67. The van der Waals surface area contributed by atoms with Crippen LogP contribution in [-0.4, -0.2) is 47.2 Å². The number of aliphatic carboxylic acids is 1. The van der Waals surface area contributed by atoms with Crippen molar-refractivity contribution in [1.82, 2.24) is 4.90 Å². The average molecular weight is 399 g/mol. The summed E-state index contributed by atoms with van der Waals surface area (Å²) in [5, 5.41) is 11.3. The predicted octanol–water partition coefficient (Wildman–Crippen LogP) is 3.08. The minimum absolute atomic E-state index is 0. The molecule has 10 heteroatoms. The summed E-state index contributed by atoms with van der Waals surface area (Å²) in [6.07, 6.45) is -4.67. The topological polar surface area (TPSA) is 69.6 Å². The second-order valence-electron chi connectivity index (χ2n) is 6.20. The van der Waals surface area contributed by atoms with Crippen LogP contribution in [0, 0.1) is 24.6 Å². The minimum Gasteiger partial charge on any atom is -0.481 e. The quantitative estimate of drug-likeness (QED) is 0.765. The van der Waals surface area contributed by atoms with Gasteiger partial charge in [0.15, 0.2) is 0 Å². The molecule has 5 nitrogen and oxygen atoms in total. The number of alkyl halides is 3. The van der Waals surface area contributed by atoms with Crippen molar-refractivity contribution in [2.24, 2.45) is 11.8 Å². The third-order valence-corrected chi connectivity index (χ3v) is 4.40. The highest BCUT2D eigenvalue weighted by Gasteiger charge is 2.53. The molecule has 1 aliphatic heterocycles. The van der Waals surface area contributed by atoms with Crippen LogP contribution >= 0.6 is 12.4 Å². The number of anilines is 1. The maximum Gasteiger partial charge on any atom is 0.393 e. The lowest BCUT2D eigenvalue weighted by Gasteiger charge is -2.24. The number of carboxylic acid groups (broad SMARTS) is 1. The molecule has 2 N–H and O–H groups in total. The molecule has 1 unspecified atom stereocenters. The number of nitrogens with one attached hydrogen (secondary N) is 1. The lowest BCUT2D eigenvalue weighted by atomic mass is 9.96. The molecule has 0 saturated carbocycles. The van der Waals surface area contributed by atoms with E-state index in [2.05, 4.69) is 5.32 Å². The number of hydrogen-bond donors (Lipinski definition) is 2. The number of benzene rings is 1. The molecule has 3 atom stereocenters. The first-order valence-corrected chi connectivity index (χ1v) is 7.61. The molecule has 1 aromatic carbocycles. The first kappa shape index (κ1) is 22.2. The summed E-state index contributed by atoms with van der Waals surface area (Å²) in [6.45, 7) is 2.04. The molecule has 0 aromatic heterocycles. The van der Waals surface area contributed by atoms with Crippen LogP contribution in [0.5, 0.6) is 0 Å². The lowest BCUT2D eigenvalue weighted by Crippen LogP contribution is -2.41. The van der Waals surface area contributed by atoms with Gasteiger partial charge in [0.1, 0.15) is 5.82 Å². The zero-order chi connectivity index (χ0) is 18.9. The zero-order valence-corrected chi connectivity index (χ0v) is 14.8. The number of hydrogen-bond acceptors (Lipinski definition) is 3. The van der Waals surface area contributed by atoms with Gasteiger partial charge in [0.25, 0.3) is 0 Å². The number of aryl methyl sites for hydroxylation is 1. The van der Waals surface area contributed by atoms with Gasteiger partial charge in [-0.3, -0.25) is 14.5 Å². The van der Waals surface area contributed by atoms with Crippen LogP contribution in [0.3, 0.4) is 0 Å². The molecule has 1 amide bonds. The molecule has 26 heavy (non-hydrogen) atoms. The van der Waals surface area contributed by atoms with Gasteiger partial charge in [-0.05, 0) is 31.5 Å². The van der Waals surface area contributed by atoms with Gasteiger partial charge in [-0.25, -0.2) is 4.39 Å². The average Bonchev–Trinajstić information content (AvgIpc) is 2.94. The van der Waals surface area contributed by atoms with Gasteiger partial charge in [-0.1, -0.05) is 6.07 Å². The smallest absolute Gasteiger partial charge is 0.393 e. The van der Waals surface area contributed by atoms with Crippen molar-refractivity contribution in [3.63, 3.8) is 0 Å². The summed E-state index contributed by atoms with van der Waals surface area (Å²) < 4.78 is 52.8. The number of carbonyl (C=O) groups is 2. The Morgan fingerprint density at radius 2 is 1.92 bits per heavy atom. The Kier molecular flexibility index (Phi) is 7.01. The molecule has 0 radical (unpaired) electrons. The predicted molar refractivity (Wildman–Crippen MR) is 88.7 cm³/mol.